The van der Waals surface area contributed by atoms with Gasteiger partial charge in [-0.3, -0.25) is 20.0 Å². The Morgan fingerprint density at radius 2 is 1.96 bits per heavy atom. The van der Waals surface area contributed by atoms with Crippen LogP contribution in [-0.2, 0) is 9.59 Å². The third-order valence-electron chi connectivity index (χ3n) is 4.19. The van der Waals surface area contributed by atoms with Crippen LogP contribution in [-0.4, -0.2) is 45.0 Å². The van der Waals surface area contributed by atoms with E-state index in [2.05, 4.69) is 43.0 Å². The number of anilines is 1. The molecule has 2 aromatic rings. The number of aromatic amines is 1. The second-order valence-corrected chi connectivity index (χ2v) is 6.72. The molecule has 2 amide bonds. The number of hydrogen-bond donors (Lipinski definition) is 2. The molecule has 1 saturated heterocycles. The van der Waals surface area contributed by atoms with E-state index < -0.39 is 0 Å². The number of H-pyrrole nitrogens is 1. The smallest absolute Gasteiger partial charge is 0.249 e. The minimum Gasteiger partial charge on any atom is -0.339 e. The normalized spacial score (nSPS) is 15.0. The van der Waals surface area contributed by atoms with E-state index in [-0.39, 0.29) is 23.7 Å². The van der Waals surface area contributed by atoms with E-state index in [9.17, 15) is 9.59 Å². The molecule has 7 nitrogen and oxygen atoms in total. The van der Waals surface area contributed by atoms with Crippen molar-refractivity contribution in [3.8, 4) is 11.4 Å². The number of nitrogens with one attached hydrogen (secondary N) is 2. The number of halogens is 1. The molecule has 1 fully saturated rings. The van der Waals surface area contributed by atoms with Crippen molar-refractivity contribution in [3.05, 3.63) is 41.4 Å². The molecular formula is C17H18BrN5O2. The number of amides is 2. The van der Waals surface area contributed by atoms with E-state index in [1.54, 1.807) is 4.90 Å². The number of nitrogens with zero attached hydrogens (tertiary/aromatic N) is 3. The van der Waals surface area contributed by atoms with Crippen molar-refractivity contribution in [1.82, 2.24) is 20.1 Å². The molecule has 1 aliphatic rings. The standard InChI is InChI=1S/C17H18BrN5O2/c1-2-14(24)23-9-7-12(8-10-23)16(25)20-17-19-15(21-22-17)11-3-5-13(18)6-4-11/h2-6,12H,1,7-10H2,(H2,19,20,21,22,25). The number of aromatic nitrogens is 3. The zero-order valence-corrected chi connectivity index (χ0v) is 15.1. The van der Waals surface area contributed by atoms with Gasteiger partial charge in [-0.25, -0.2) is 0 Å². The number of piperidine rings is 1. The maximum Gasteiger partial charge on any atom is 0.249 e. The summed E-state index contributed by atoms with van der Waals surface area (Å²) in [5.74, 6) is 0.490. The fourth-order valence-electron chi connectivity index (χ4n) is 2.76. The zero-order chi connectivity index (χ0) is 17.8. The molecule has 1 aromatic heterocycles. The van der Waals surface area contributed by atoms with Crippen LogP contribution in [0.2, 0.25) is 0 Å². The molecule has 2 N–H and O–H groups in total. The molecule has 0 aliphatic carbocycles. The van der Waals surface area contributed by atoms with Crippen LogP contribution in [0.1, 0.15) is 12.8 Å². The summed E-state index contributed by atoms with van der Waals surface area (Å²) in [4.78, 5) is 30.0. The Labute approximate surface area is 153 Å². The number of hydrogen-bond acceptors (Lipinski definition) is 4. The van der Waals surface area contributed by atoms with Crippen molar-refractivity contribution >= 4 is 33.7 Å². The monoisotopic (exact) mass is 403 g/mol. The molecule has 25 heavy (non-hydrogen) atoms. The lowest BCUT2D eigenvalue weighted by molar-refractivity contribution is -0.130. The van der Waals surface area contributed by atoms with Gasteiger partial charge in [0, 0.05) is 29.0 Å². The first-order valence-electron chi connectivity index (χ1n) is 7.97. The van der Waals surface area contributed by atoms with E-state index in [0.717, 1.165) is 10.0 Å². The molecule has 0 unspecified atom stereocenters. The van der Waals surface area contributed by atoms with Gasteiger partial charge in [0.05, 0.1) is 0 Å². The molecule has 0 saturated carbocycles. The summed E-state index contributed by atoms with van der Waals surface area (Å²) in [5.41, 5.74) is 0.882. The third kappa shape index (κ3) is 4.14. The highest BCUT2D eigenvalue weighted by Gasteiger charge is 2.27. The minimum atomic E-state index is -0.150. The number of carbonyl (C=O) groups excluding carboxylic acids is 2. The predicted molar refractivity (Wildman–Crippen MR) is 97.6 cm³/mol. The average molecular weight is 404 g/mol. The van der Waals surface area contributed by atoms with Gasteiger partial charge in [0.2, 0.25) is 17.8 Å². The molecule has 0 atom stereocenters. The van der Waals surface area contributed by atoms with Crippen LogP contribution in [0.5, 0.6) is 0 Å². The van der Waals surface area contributed by atoms with Crippen molar-refractivity contribution in [2.75, 3.05) is 18.4 Å². The Morgan fingerprint density at radius 3 is 2.60 bits per heavy atom. The maximum absolute atomic E-state index is 12.4. The number of likely N-dealkylation sites (tertiary alicyclic amines) is 1. The predicted octanol–water partition coefficient (Wildman–Crippen LogP) is 2.60. The number of benzene rings is 1. The van der Waals surface area contributed by atoms with Gasteiger partial charge in [-0.1, -0.05) is 34.6 Å². The first kappa shape index (κ1) is 17.3. The summed E-state index contributed by atoms with van der Waals surface area (Å²) in [7, 11) is 0. The quantitative estimate of drug-likeness (QED) is 0.767. The second-order valence-electron chi connectivity index (χ2n) is 5.81. The van der Waals surface area contributed by atoms with Crippen LogP contribution in [0.4, 0.5) is 5.95 Å². The van der Waals surface area contributed by atoms with Crippen molar-refractivity contribution < 1.29 is 9.59 Å². The first-order valence-corrected chi connectivity index (χ1v) is 8.76. The summed E-state index contributed by atoms with van der Waals surface area (Å²) in [6.45, 7) is 4.60. The number of rotatable bonds is 4. The van der Waals surface area contributed by atoms with Gasteiger partial charge in [0.15, 0.2) is 5.82 Å². The molecule has 0 radical (unpaired) electrons. The lowest BCUT2D eigenvalue weighted by Crippen LogP contribution is -2.40. The van der Waals surface area contributed by atoms with Crippen LogP contribution >= 0.6 is 15.9 Å². The summed E-state index contributed by atoms with van der Waals surface area (Å²) in [6.07, 6.45) is 2.54. The van der Waals surface area contributed by atoms with Crippen molar-refractivity contribution in [2.24, 2.45) is 5.92 Å². The van der Waals surface area contributed by atoms with Crippen molar-refractivity contribution in [1.29, 1.82) is 0 Å². The average Bonchev–Trinajstić information content (AvgIpc) is 3.10. The number of carbonyl (C=O) groups is 2. The van der Waals surface area contributed by atoms with Crippen LogP contribution in [0.15, 0.2) is 41.4 Å². The molecule has 3 rings (SSSR count). The van der Waals surface area contributed by atoms with Gasteiger partial charge in [0.1, 0.15) is 0 Å². The first-order chi connectivity index (χ1) is 12.1. The van der Waals surface area contributed by atoms with Crippen molar-refractivity contribution in [2.45, 2.75) is 12.8 Å². The summed E-state index contributed by atoms with van der Waals surface area (Å²) < 4.78 is 0.977. The molecule has 1 aliphatic heterocycles. The van der Waals surface area contributed by atoms with Crippen molar-refractivity contribution in [3.63, 3.8) is 0 Å². The SMILES string of the molecule is C=CC(=O)N1CCC(C(=O)Nc2n[nH]c(-c3ccc(Br)cc3)n2)CC1. The van der Waals surface area contributed by atoms with Gasteiger partial charge in [0.25, 0.3) is 0 Å². The van der Waals surface area contributed by atoms with E-state index in [4.69, 9.17) is 0 Å². The molecule has 0 bridgehead atoms. The van der Waals surface area contributed by atoms with Gasteiger partial charge < -0.3 is 4.90 Å². The third-order valence-corrected chi connectivity index (χ3v) is 4.72. The second kappa shape index (κ2) is 7.60. The van der Waals surface area contributed by atoms with E-state index in [0.29, 0.717) is 31.8 Å². The molecule has 1 aromatic carbocycles. The Balaban J connectivity index is 1.58. The van der Waals surface area contributed by atoms with Gasteiger partial charge >= 0.3 is 0 Å². The largest absolute Gasteiger partial charge is 0.339 e. The van der Waals surface area contributed by atoms with E-state index >= 15 is 0 Å². The zero-order valence-electron chi connectivity index (χ0n) is 13.5. The maximum atomic E-state index is 12.4. The van der Waals surface area contributed by atoms with Gasteiger partial charge in [-0.15, -0.1) is 5.10 Å². The lowest BCUT2D eigenvalue weighted by atomic mass is 9.96. The Kier molecular flexibility index (Phi) is 5.28. The summed E-state index contributed by atoms with van der Waals surface area (Å²) in [5, 5.41) is 9.62. The summed E-state index contributed by atoms with van der Waals surface area (Å²) >= 11 is 3.38. The fourth-order valence-corrected chi connectivity index (χ4v) is 3.02. The molecule has 2 heterocycles. The van der Waals surface area contributed by atoms with Gasteiger partial charge in [-0.05, 0) is 31.1 Å². The van der Waals surface area contributed by atoms with Gasteiger partial charge in [-0.2, -0.15) is 4.98 Å². The van der Waals surface area contributed by atoms with Crippen LogP contribution in [0.3, 0.4) is 0 Å². The topological polar surface area (TPSA) is 91.0 Å². The van der Waals surface area contributed by atoms with Crippen LogP contribution < -0.4 is 5.32 Å². The highest BCUT2D eigenvalue weighted by atomic mass is 79.9. The highest BCUT2D eigenvalue weighted by Crippen LogP contribution is 2.21. The van der Waals surface area contributed by atoms with E-state index in [1.165, 1.54) is 6.08 Å². The Bertz CT molecular complexity index is 779. The van der Waals surface area contributed by atoms with E-state index in [1.807, 2.05) is 24.3 Å². The highest BCUT2D eigenvalue weighted by molar-refractivity contribution is 9.10. The Hall–Kier alpha value is -2.48. The molecule has 130 valence electrons. The Morgan fingerprint density at radius 1 is 1.28 bits per heavy atom. The minimum absolute atomic E-state index is 0.0908. The molecule has 8 heteroatoms. The summed E-state index contributed by atoms with van der Waals surface area (Å²) in [6, 6.07) is 7.63. The van der Waals surface area contributed by atoms with Crippen LogP contribution in [0, 0.1) is 5.92 Å². The fraction of sp³-hybridized carbons (Fsp3) is 0.294. The molecular weight excluding hydrogens is 386 g/mol. The van der Waals surface area contributed by atoms with Crippen LogP contribution in [0.25, 0.3) is 11.4 Å². The molecule has 0 spiro atoms. The lowest BCUT2D eigenvalue weighted by Gasteiger charge is -2.30.